The molecule has 87 heavy (non-hydrogen) atoms. The van der Waals surface area contributed by atoms with Gasteiger partial charge >= 0.3 is 5.97 Å². The van der Waals surface area contributed by atoms with Gasteiger partial charge in [0.2, 0.25) is 53.2 Å². The zero-order valence-corrected chi connectivity index (χ0v) is 51.2. The molecular weight excluding hydrogens is 1180 g/mol. The van der Waals surface area contributed by atoms with Crippen LogP contribution in [0.3, 0.4) is 0 Å². The summed E-state index contributed by atoms with van der Waals surface area (Å²) in [6, 6.07) is -3.72. The third-order valence-corrected chi connectivity index (χ3v) is 19.3. The highest BCUT2D eigenvalue weighted by molar-refractivity contribution is 7.99. The third kappa shape index (κ3) is 18.3. The highest BCUT2D eigenvalue weighted by Crippen LogP contribution is 2.39. The summed E-state index contributed by atoms with van der Waals surface area (Å²) < 4.78 is 21.2. The largest absolute Gasteiger partial charge is 0.496 e. The number of benzene rings is 1. The smallest absolute Gasteiger partial charge is 0.306 e. The number of nitrogens with zero attached hydrogens (tertiary/aromatic N) is 2. The molecule has 12 atom stereocenters. The highest BCUT2D eigenvalue weighted by Gasteiger charge is 2.45. The number of hydrogen-bond acceptors (Lipinski definition) is 18. The van der Waals surface area contributed by atoms with E-state index in [9.17, 15) is 72.9 Å². The maximum atomic E-state index is 15.4. The van der Waals surface area contributed by atoms with Crippen LogP contribution in [0, 0.1) is 29.6 Å². The minimum atomic E-state index is -2.43. The van der Waals surface area contributed by atoms with Gasteiger partial charge in [0.05, 0.1) is 79.5 Å². The van der Waals surface area contributed by atoms with Gasteiger partial charge in [-0.05, 0) is 42.9 Å². The first-order chi connectivity index (χ1) is 41.2. The average molecular weight is 1260 g/mol. The van der Waals surface area contributed by atoms with Crippen molar-refractivity contribution in [2.24, 2.45) is 35.3 Å². The fourth-order valence-electron chi connectivity index (χ4n) is 11.1. The Kier molecular flexibility index (Phi) is 25.2. The van der Waals surface area contributed by atoms with Crippen molar-refractivity contribution >= 4 is 104 Å². The fourth-order valence-corrected chi connectivity index (χ4v) is 13.7. The van der Waals surface area contributed by atoms with E-state index in [-0.39, 0.29) is 46.2 Å². The molecule has 9 amide bonds. The first kappa shape index (κ1) is 69.1. The second kappa shape index (κ2) is 31.8. The van der Waals surface area contributed by atoms with Crippen LogP contribution in [0.4, 0.5) is 0 Å². The van der Waals surface area contributed by atoms with Gasteiger partial charge in [-0.15, -0.1) is 11.8 Å². The Balaban J connectivity index is 1.41. The van der Waals surface area contributed by atoms with Crippen LogP contribution in [0.15, 0.2) is 17.2 Å². The van der Waals surface area contributed by atoms with Gasteiger partial charge in [0, 0.05) is 98.0 Å². The first-order valence-corrected chi connectivity index (χ1v) is 31.6. The summed E-state index contributed by atoms with van der Waals surface area (Å²) in [7, 11) is -0.993. The number of H-pyrrole nitrogens is 1. The van der Waals surface area contributed by atoms with Crippen molar-refractivity contribution in [2.75, 3.05) is 58.7 Å². The zero-order chi connectivity index (χ0) is 64.0. The number of aliphatic hydroxyl groups is 3. The molecule has 13 N–H and O–H groups in total. The van der Waals surface area contributed by atoms with Crippen LogP contribution >= 0.6 is 11.8 Å². The fraction of sp³-hybridized carbons (Fsp3) is 0.649. The number of carboxylic acid groups (broad SMARTS) is 1. The van der Waals surface area contributed by atoms with Crippen molar-refractivity contribution in [1.82, 2.24) is 46.7 Å². The van der Waals surface area contributed by atoms with Gasteiger partial charge in [0.15, 0.2) is 11.6 Å². The molecular formula is C57H82N10O18S2. The monoisotopic (exact) mass is 1260 g/mol. The van der Waals surface area contributed by atoms with Gasteiger partial charge in [0.25, 0.3) is 0 Å². The molecule has 28 nitrogen and oxygen atoms in total. The minimum absolute atomic E-state index is 0.0470. The molecule has 30 heteroatoms. The third-order valence-electron chi connectivity index (χ3n) is 16.6. The Morgan fingerprint density at radius 3 is 2.28 bits per heavy atom. The molecule has 4 aliphatic rings. The van der Waals surface area contributed by atoms with E-state index in [1.54, 1.807) is 30.9 Å². The van der Waals surface area contributed by atoms with Crippen LogP contribution in [0.1, 0.15) is 103 Å². The number of nitrogens with one attached hydrogen (secondary N) is 7. The maximum absolute atomic E-state index is 15.4. The molecule has 2 fully saturated rings. The van der Waals surface area contributed by atoms with E-state index >= 15 is 4.21 Å². The topological polar surface area (TPSA) is 433 Å². The van der Waals surface area contributed by atoms with Crippen molar-refractivity contribution < 1.29 is 86.9 Å². The van der Waals surface area contributed by atoms with E-state index in [0.717, 1.165) is 4.90 Å². The molecule has 2 aromatic rings. The second-order valence-electron chi connectivity index (χ2n) is 23.0. The number of likely N-dealkylation sites (tertiary alicyclic amines) is 1. The Labute approximate surface area is 509 Å². The number of aromatic amines is 1. The molecule has 0 radical (unpaired) electrons. The number of methoxy groups -OCH3 is 1. The van der Waals surface area contributed by atoms with E-state index in [1.165, 1.54) is 32.7 Å². The number of carbonyl (C=O) groups is 12. The first-order valence-electron chi connectivity index (χ1n) is 29.3. The number of carbonyl (C=O) groups excluding carboxylic acids is 11. The molecule has 2 unspecified atom stereocenters. The summed E-state index contributed by atoms with van der Waals surface area (Å²) in [5.41, 5.74) is 6.66. The van der Waals surface area contributed by atoms with Crippen molar-refractivity contribution in [3.05, 3.63) is 23.3 Å². The summed E-state index contributed by atoms with van der Waals surface area (Å²) in [6.45, 7) is 4.69. The number of ether oxygens (including phenoxy) is 1. The van der Waals surface area contributed by atoms with Crippen LogP contribution in [0.2, 0.25) is 0 Å². The molecule has 5 heterocycles. The Hall–Kier alpha value is -7.02. The number of carboxylic acids is 1. The number of aromatic nitrogens is 1. The van der Waals surface area contributed by atoms with Crippen LogP contribution < -0.4 is 42.4 Å². The number of fused-ring (bicyclic) bond motifs is 5. The van der Waals surface area contributed by atoms with Crippen molar-refractivity contribution in [3.63, 3.8) is 0 Å². The molecule has 1 aromatic carbocycles. The number of ketones is 2. The Morgan fingerprint density at radius 1 is 0.897 bits per heavy atom. The van der Waals surface area contributed by atoms with E-state index in [2.05, 4.69) is 36.9 Å². The van der Waals surface area contributed by atoms with Crippen LogP contribution in [-0.2, 0) is 80.5 Å². The van der Waals surface area contributed by atoms with Crippen LogP contribution in [-0.4, -0.2) is 210 Å². The van der Waals surface area contributed by atoms with Gasteiger partial charge in [-0.3, -0.25) is 61.7 Å². The van der Waals surface area contributed by atoms with E-state index in [4.69, 9.17) is 15.6 Å². The van der Waals surface area contributed by atoms with Crippen LogP contribution in [0.25, 0.3) is 10.9 Å². The number of Topliss-reactive ketones (excluding diaryl/α,β-unsaturated/α-hetero) is 2. The number of primary amides is 1. The van der Waals surface area contributed by atoms with E-state index < -0.39 is 200 Å². The molecule has 4 aliphatic heterocycles. The van der Waals surface area contributed by atoms with Crippen molar-refractivity contribution in [1.29, 1.82) is 0 Å². The number of hydrogen-bond donors (Lipinski definition) is 12. The zero-order valence-electron chi connectivity index (χ0n) is 49.5. The molecule has 0 aliphatic carbocycles. The SMILES string of the molecule is CC[C@H](C)[C@@H]1CC(=O)CNC(=O)[C@H]2CC(=O)[C@H]([C@@H](C)[C@@H](O)CO)NC(=O)[C@@H]3C[C@@H](O)CN3C(=O)[C@H](CC(N)=O)NC(=O)[C@H](CS(=O)c3[nH]c4c(CSC5CN(C(=O)CCCCCNC(=O)CC(C)C(=O)O)C5)c(OC)ccc4c3C2)NC(=O)CNC1=O. The minimum Gasteiger partial charge on any atom is -0.496 e. The van der Waals surface area contributed by atoms with Gasteiger partial charge < -0.3 is 77.6 Å². The number of amides is 9. The molecule has 2 bridgehead atoms. The number of aliphatic hydroxyl groups excluding tert-OH is 3. The lowest BCUT2D eigenvalue weighted by atomic mass is 9.85. The Morgan fingerprint density at radius 2 is 1.61 bits per heavy atom. The number of aliphatic carboxylic acids is 1. The summed E-state index contributed by atoms with van der Waals surface area (Å²) in [5, 5.41) is 56.6. The summed E-state index contributed by atoms with van der Waals surface area (Å²) in [6.07, 6.45) is -3.47. The molecule has 480 valence electrons. The number of nitrogens with two attached hydrogens (primary N) is 1. The van der Waals surface area contributed by atoms with E-state index in [0.29, 0.717) is 67.5 Å². The lowest BCUT2D eigenvalue weighted by molar-refractivity contribution is -0.144. The lowest BCUT2D eigenvalue weighted by Crippen LogP contribution is -2.60. The second-order valence-corrected chi connectivity index (χ2v) is 25.8. The molecule has 6 rings (SSSR count). The number of rotatable bonds is 20. The number of unbranched alkanes of at least 4 members (excludes halogenated alkanes) is 2. The van der Waals surface area contributed by atoms with Gasteiger partial charge in [-0.2, -0.15) is 0 Å². The van der Waals surface area contributed by atoms with E-state index in [1.807, 2.05) is 0 Å². The summed E-state index contributed by atoms with van der Waals surface area (Å²) in [5.74, 6) is -15.1. The summed E-state index contributed by atoms with van der Waals surface area (Å²) >= 11 is 1.49. The summed E-state index contributed by atoms with van der Waals surface area (Å²) in [4.78, 5) is 170. The molecule has 0 spiro atoms. The normalized spacial score (nSPS) is 25.5. The van der Waals surface area contributed by atoms with Crippen LogP contribution in [0.5, 0.6) is 5.75 Å². The van der Waals surface area contributed by atoms with Crippen molar-refractivity contribution in [3.8, 4) is 5.75 Å². The van der Waals surface area contributed by atoms with Gasteiger partial charge in [-0.1, -0.05) is 40.5 Å². The predicted octanol–water partition coefficient (Wildman–Crippen LogP) is -2.20. The molecule has 1 aromatic heterocycles. The lowest BCUT2D eigenvalue weighted by Gasteiger charge is -2.39. The Bertz CT molecular complexity index is 2950. The standard InChI is InChI=1S/C57H82N10O18S2/c1-6-28(2)36-17-32(69)20-60-51(77)31-15-37-35-11-12-44(85-5)38(26-86-34-23-66(24-34)48(76)10-8-7-9-13-59-46(74)14-29(3)57(82)83)50(35)65-55(37)87(84)27-40(62-47(75)21-61-52(36)78)53(79)63-39(19-45(58)73)56(81)67-22-33(70)18-41(67)54(80)64-49(42(71)16-31)30(4)43(72)25-68/h11-12,28-31,33-34,36,39-41,43,49,65,68,70,72H,6-10,13-27H2,1-5H3,(H2,58,73)(H,59,74)(H,60,77)(H,61,78)(H,62,75)(H,63,79)(H,64,80)(H,82,83)/t28-,29?,30-,31+,33+,36-,39-,40-,41-,43-,49-,87?/m0/s1. The average Bonchev–Trinajstić information content (AvgIpc) is 1.74. The van der Waals surface area contributed by atoms with Gasteiger partial charge in [-0.25, -0.2) is 0 Å². The van der Waals surface area contributed by atoms with Gasteiger partial charge in [0.1, 0.15) is 28.9 Å². The number of thioether (sulfide) groups is 1. The van der Waals surface area contributed by atoms with Crippen molar-refractivity contribution in [2.45, 2.75) is 151 Å². The predicted molar refractivity (Wildman–Crippen MR) is 314 cm³/mol. The molecule has 0 saturated carbocycles. The maximum Gasteiger partial charge on any atom is 0.306 e. The quantitative estimate of drug-likeness (QED) is 0.0626. The highest BCUT2D eigenvalue weighted by atomic mass is 32.2. The molecule has 2 saturated heterocycles.